The second-order valence-electron chi connectivity index (χ2n) is 5.47. The second-order valence-corrected chi connectivity index (χ2v) is 8.75. The molecule has 0 radical (unpaired) electrons. The molecule has 0 unspecified atom stereocenters. The smallest absolute Gasteiger partial charge is 0.307 e. The normalized spacial score (nSPS) is 12.2. The van der Waals surface area contributed by atoms with E-state index in [-0.39, 0.29) is 9.77 Å². The van der Waals surface area contributed by atoms with Crippen LogP contribution in [-0.4, -0.2) is 17.8 Å². The van der Waals surface area contributed by atoms with Crippen LogP contribution in [0.4, 0.5) is 10.0 Å². The number of H-pyrrole nitrogens is 1. The number of nitrogens with one attached hydrogen (secondary N) is 1. The van der Waals surface area contributed by atoms with Crippen LogP contribution in [0, 0.1) is 0 Å². The molecule has 0 bridgehead atoms. The first-order valence-corrected chi connectivity index (χ1v) is 10.7. The summed E-state index contributed by atoms with van der Waals surface area (Å²) in [5.41, 5.74) is 1.98. The van der Waals surface area contributed by atoms with Gasteiger partial charge in [-0.1, -0.05) is 41.7 Å². The molecule has 3 N–H and O–H groups in total. The Morgan fingerprint density at radius 1 is 1.04 bits per heavy atom. The second kappa shape index (κ2) is 6.78. The van der Waals surface area contributed by atoms with Gasteiger partial charge in [-0.2, -0.15) is 4.37 Å². The van der Waals surface area contributed by atoms with Crippen LogP contribution in [-0.2, 0) is 10.0 Å². The first-order chi connectivity index (χ1) is 12.9. The van der Waals surface area contributed by atoms with Gasteiger partial charge >= 0.3 is 4.87 Å². The molecular weight excluding hydrogens is 406 g/mol. The van der Waals surface area contributed by atoms with E-state index in [0.29, 0.717) is 26.6 Å². The van der Waals surface area contributed by atoms with Gasteiger partial charge in [0.15, 0.2) is 10.0 Å². The number of hydrogen-bond donors (Lipinski definition) is 2. The molecule has 2 heterocycles. The molecule has 0 saturated carbocycles. The fourth-order valence-corrected chi connectivity index (χ4v) is 4.34. The minimum absolute atomic E-state index is 0.0251. The Kier molecular flexibility index (Phi) is 4.44. The predicted molar refractivity (Wildman–Crippen MR) is 106 cm³/mol. The summed E-state index contributed by atoms with van der Waals surface area (Å²) in [4.78, 5) is 14.3. The quantitative estimate of drug-likeness (QED) is 0.489. The largest absolute Gasteiger partial charge is 0.310 e. The monoisotopic (exact) mass is 417 g/mol. The highest BCUT2D eigenvalue weighted by Gasteiger charge is 2.14. The van der Waals surface area contributed by atoms with Crippen molar-refractivity contribution in [1.82, 2.24) is 9.36 Å². The maximum absolute atomic E-state index is 11.8. The number of nitrogens with zero attached hydrogens (tertiary/aromatic N) is 3. The molecule has 8 nitrogen and oxygen atoms in total. The number of nitrogens with two attached hydrogens (primary N) is 1. The van der Waals surface area contributed by atoms with Gasteiger partial charge in [-0.25, -0.2) is 13.6 Å². The summed E-state index contributed by atoms with van der Waals surface area (Å²) in [6, 6.07) is 13.7. The van der Waals surface area contributed by atoms with Crippen molar-refractivity contribution >= 4 is 53.8 Å². The molecule has 11 heteroatoms. The fraction of sp³-hybridized carbons (Fsp3) is 0. The lowest BCUT2D eigenvalue weighted by atomic mass is 10.2. The third-order valence-corrected chi connectivity index (χ3v) is 6.12. The van der Waals surface area contributed by atoms with Gasteiger partial charge in [0, 0.05) is 10.9 Å². The van der Waals surface area contributed by atoms with Gasteiger partial charge in [0.05, 0.1) is 16.1 Å². The van der Waals surface area contributed by atoms with E-state index in [1.54, 1.807) is 6.07 Å². The van der Waals surface area contributed by atoms with E-state index in [1.165, 1.54) is 12.1 Å². The topological polar surface area (TPSA) is 131 Å². The number of benzene rings is 2. The molecule has 0 aliphatic carbocycles. The number of primary sulfonamides is 1. The minimum atomic E-state index is -3.84. The number of rotatable bonds is 4. The highest BCUT2D eigenvalue weighted by atomic mass is 32.2. The van der Waals surface area contributed by atoms with Gasteiger partial charge in [0.25, 0.3) is 0 Å². The Balaban J connectivity index is 1.77. The summed E-state index contributed by atoms with van der Waals surface area (Å²) < 4.78 is 27.4. The van der Waals surface area contributed by atoms with Crippen molar-refractivity contribution < 1.29 is 8.42 Å². The SMILES string of the molecule is NS(=O)(=O)c1ccc2nsc(/N=N/c3sc(=O)[nH]c3-c3ccccc3)c2c1. The Labute approximate surface area is 161 Å². The number of fused-ring (bicyclic) bond motifs is 1. The molecule has 4 rings (SSSR count). The van der Waals surface area contributed by atoms with E-state index in [0.717, 1.165) is 28.4 Å². The fourth-order valence-electron chi connectivity index (χ4n) is 2.44. The van der Waals surface area contributed by atoms with Gasteiger partial charge in [0.2, 0.25) is 10.0 Å². The number of sulfonamides is 1. The van der Waals surface area contributed by atoms with E-state index in [1.807, 2.05) is 30.3 Å². The number of hydrogen-bond acceptors (Lipinski definition) is 8. The Bertz CT molecular complexity index is 1320. The van der Waals surface area contributed by atoms with Crippen LogP contribution < -0.4 is 10.0 Å². The van der Waals surface area contributed by atoms with Gasteiger partial charge < -0.3 is 4.98 Å². The molecule has 0 aliphatic heterocycles. The van der Waals surface area contributed by atoms with E-state index in [9.17, 15) is 13.2 Å². The van der Waals surface area contributed by atoms with Gasteiger partial charge in [-0.05, 0) is 29.7 Å². The number of aromatic nitrogens is 2. The van der Waals surface area contributed by atoms with Crippen LogP contribution in [0.1, 0.15) is 0 Å². The Morgan fingerprint density at radius 2 is 1.78 bits per heavy atom. The molecule has 0 amide bonds. The predicted octanol–water partition coefficient (Wildman–Crippen LogP) is 3.78. The van der Waals surface area contributed by atoms with Crippen molar-refractivity contribution in [2.24, 2.45) is 15.4 Å². The molecule has 0 aliphatic rings. The van der Waals surface area contributed by atoms with Crippen LogP contribution in [0.2, 0.25) is 0 Å². The lowest BCUT2D eigenvalue weighted by Crippen LogP contribution is -2.11. The standard InChI is InChI=1S/C16H11N5O3S3/c17-27(23,24)10-6-7-12-11(8-10)14(26-21-12)19-20-15-13(18-16(22)25-15)9-4-2-1-3-5-9/h1-8H,(H,18,22)(H2,17,23,24)/b20-19+. The highest BCUT2D eigenvalue weighted by Crippen LogP contribution is 2.36. The maximum atomic E-state index is 11.8. The average Bonchev–Trinajstić information content (AvgIpc) is 3.22. The van der Waals surface area contributed by atoms with Crippen LogP contribution in [0.3, 0.4) is 0 Å². The summed E-state index contributed by atoms with van der Waals surface area (Å²) in [6.07, 6.45) is 0. The maximum Gasteiger partial charge on any atom is 0.307 e. The first-order valence-electron chi connectivity index (χ1n) is 7.54. The molecular formula is C16H11N5O3S3. The molecule has 0 spiro atoms. The van der Waals surface area contributed by atoms with Crippen molar-refractivity contribution in [2.45, 2.75) is 4.90 Å². The molecule has 136 valence electrons. The summed E-state index contributed by atoms with van der Waals surface area (Å²) in [7, 11) is -3.84. The van der Waals surface area contributed by atoms with Crippen LogP contribution in [0.5, 0.6) is 0 Å². The molecule has 2 aromatic heterocycles. The number of azo groups is 1. The molecule has 0 saturated heterocycles. The molecule has 27 heavy (non-hydrogen) atoms. The third-order valence-electron chi connectivity index (χ3n) is 3.68. The lowest BCUT2D eigenvalue weighted by molar-refractivity contribution is 0.598. The first kappa shape index (κ1) is 17.7. The van der Waals surface area contributed by atoms with Crippen LogP contribution in [0.25, 0.3) is 22.2 Å². The van der Waals surface area contributed by atoms with Crippen molar-refractivity contribution in [3.63, 3.8) is 0 Å². The van der Waals surface area contributed by atoms with Crippen LogP contribution in [0.15, 0.2) is 68.4 Å². The average molecular weight is 417 g/mol. The van der Waals surface area contributed by atoms with Gasteiger partial charge in [0.1, 0.15) is 0 Å². The zero-order valence-corrected chi connectivity index (χ0v) is 15.9. The van der Waals surface area contributed by atoms with Crippen LogP contribution >= 0.6 is 22.9 Å². The zero-order chi connectivity index (χ0) is 19.0. The summed E-state index contributed by atoms with van der Waals surface area (Å²) >= 11 is 2.02. The lowest BCUT2D eigenvalue weighted by Gasteiger charge is -1.98. The van der Waals surface area contributed by atoms with E-state index in [4.69, 9.17) is 5.14 Å². The van der Waals surface area contributed by atoms with Crippen molar-refractivity contribution in [1.29, 1.82) is 0 Å². The van der Waals surface area contributed by atoms with E-state index < -0.39 is 10.0 Å². The molecule has 2 aromatic carbocycles. The van der Waals surface area contributed by atoms with Gasteiger partial charge in [-0.3, -0.25) is 4.79 Å². The van der Waals surface area contributed by atoms with Crippen molar-refractivity contribution in [2.75, 3.05) is 0 Å². The zero-order valence-electron chi connectivity index (χ0n) is 13.5. The van der Waals surface area contributed by atoms with Crippen molar-refractivity contribution in [3.05, 3.63) is 58.2 Å². The summed E-state index contributed by atoms with van der Waals surface area (Å²) in [5, 5.41) is 14.9. The Morgan fingerprint density at radius 3 is 2.52 bits per heavy atom. The summed E-state index contributed by atoms with van der Waals surface area (Å²) in [6.45, 7) is 0. The molecule has 4 aromatic rings. The third kappa shape index (κ3) is 3.57. The minimum Gasteiger partial charge on any atom is -0.310 e. The molecule has 0 fully saturated rings. The highest BCUT2D eigenvalue weighted by molar-refractivity contribution is 7.89. The number of thiazole rings is 1. The van der Waals surface area contributed by atoms with E-state index in [2.05, 4.69) is 19.6 Å². The van der Waals surface area contributed by atoms with Gasteiger partial charge in [-0.15, -0.1) is 10.2 Å². The Hall–Kier alpha value is -2.73. The van der Waals surface area contributed by atoms with E-state index >= 15 is 0 Å². The summed E-state index contributed by atoms with van der Waals surface area (Å²) in [5.74, 6) is 0. The molecule has 0 atom stereocenters. The number of aromatic amines is 1. The van der Waals surface area contributed by atoms with Crippen molar-refractivity contribution in [3.8, 4) is 11.3 Å².